The molecule has 0 saturated heterocycles. The van der Waals surface area contributed by atoms with Gasteiger partial charge in [-0.2, -0.15) is 0 Å². The highest BCUT2D eigenvalue weighted by molar-refractivity contribution is 9.10. The van der Waals surface area contributed by atoms with Crippen LogP contribution < -0.4 is 5.32 Å². The average Bonchev–Trinajstić information content (AvgIpc) is 2.39. The maximum atomic E-state index is 13.4. The number of nitrogens with one attached hydrogen (secondary N) is 1. The molecule has 0 saturated carbocycles. The van der Waals surface area contributed by atoms with Gasteiger partial charge in [-0.15, -0.1) is 0 Å². The largest absolute Gasteiger partial charge is 0.310 e. The highest BCUT2D eigenvalue weighted by atomic mass is 79.9. The van der Waals surface area contributed by atoms with Crippen LogP contribution in [0, 0.1) is 11.6 Å². The number of hydrogen-bond donors (Lipinski definition) is 1. The summed E-state index contributed by atoms with van der Waals surface area (Å²) >= 11 is 3.50. The van der Waals surface area contributed by atoms with E-state index < -0.39 is 11.6 Å². The van der Waals surface area contributed by atoms with Crippen molar-refractivity contribution >= 4 is 15.9 Å². The maximum Gasteiger partial charge on any atom is 0.126 e. The van der Waals surface area contributed by atoms with Crippen molar-refractivity contribution in [1.82, 2.24) is 5.32 Å². The minimum Gasteiger partial charge on any atom is -0.310 e. The monoisotopic (exact) mass is 339 g/mol. The number of halogens is 3. The molecular weight excluding hydrogens is 324 g/mol. The molecule has 1 N–H and O–H groups in total. The zero-order chi connectivity index (χ0) is 14.5. The van der Waals surface area contributed by atoms with Crippen LogP contribution in [0.4, 0.5) is 8.78 Å². The topological polar surface area (TPSA) is 12.0 Å². The Bertz CT molecular complexity index is 566. The van der Waals surface area contributed by atoms with E-state index in [1.807, 2.05) is 31.2 Å². The van der Waals surface area contributed by atoms with Crippen LogP contribution in [0.25, 0.3) is 0 Å². The Kier molecular flexibility index (Phi) is 5.26. The molecule has 0 bridgehead atoms. The lowest BCUT2D eigenvalue weighted by Crippen LogP contribution is -2.23. The van der Waals surface area contributed by atoms with E-state index in [0.29, 0.717) is 12.0 Å². The molecule has 1 nitrogen and oxygen atoms in total. The van der Waals surface area contributed by atoms with Crippen LogP contribution in [0.5, 0.6) is 0 Å². The zero-order valence-electron chi connectivity index (χ0n) is 11.2. The van der Waals surface area contributed by atoms with Crippen molar-refractivity contribution in [2.75, 3.05) is 6.54 Å². The Hall–Kier alpha value is -1.26. The second-order valence-corrected chi connectivity index (χ2v) is 5.46. The Labute approximate surface area is 126 Å². The Balaban J connectivity index is 2.29. The van der Waals surface area contributed by atoms with Crippen LogP contribution in [0.15, 0.2) is 46.9 Å². The molecule has 0 aromatic heterocycles. The molecule has 106 valence electrons. The summed E-state index contributed by atoms with van der Waals surface area (Å²) in [6, 6.07) is 11.4. The van der Waals surface area contributed by atoms with Crippen LogP contribution in [0.2, 0.25) is 0 Å². The van der Waals surface area contributed by atoms with E-state index in [2.05, 4.69) is 21.2 Å². The molecule has 0 amide bonds. The second-order valence-electron chi connectivity index (χ2n) is 4.61. The maximum absolute atomic E-state index is 13.4. The normalized spacial score (nSPS) is 12.4. The molecule has 4 heteroatoms. The van der Waals surface area contributed by atoms with Gasteiger partial charge < -0.3 is 5.32 Å². The van der Waals surface area contributed by atoms with Crippen molar-refractivity contribution in [3.8, 4) is 0 Å². The Morgan fingerprint density at radius 2 is 1.75 bits per heavy atom. The third-order valence-electron chi connectivity index (χ3n) is 3.12. The van der Waals surface area contributed by atoms with Gasteiger partial charge in [-0.05, 0) is 42.3 Å². The summed E-state index contributed by atoms with van der Waals surface area (Å²) in [6.45, 7) is 2.70. The highest BCUT2D eigenvalue weighted by Crippen LogP contribution is 2.24. The molecule has 2 rings (SSSR count). The molecule has 2 aromatic carbocycles. The first-order chi connectivity index (χ1) is 9.60. The lowest BCUT2D eigenvalue weighted by Gasteiger charge is -2.19. The van der Waals surface area contributed by atoms with Gasteiger partial charge in [0.25, 0.3) is 0 Å². The number of rotatable bonds is 5. The molecular formula is C16H16BrF2N. The van der Waals surface area contributed by atoms with Crippen molar-refractivity contribution in [3.05, 3.63) is 69.7 Å². The quantitative estimate of drug-likeness (QED) is 0.837. The van der Waals surface area contributed by atoms with E-state index in [0.717, 1.165) is 22.6 Å². The predicted octanol–water partition coefficient (Wildman–Crippen LogP) is 4.62. The molecule has 0 fully saturated rings. The van der Waals surface area contributed by atoms with Gasteiger partial charge in [0, 0.05) is 16.6 Å². The van der Waals surface area contributed by atoms with E-state index in [9.17, 15) is 8.78 Å². The summed E-state index contributed by atoms with van der Waals surface area (Å²) in [4.78, 5) is 0. The van der Waals surface area contributed by atoms with Gasteiger partial charge in [-0.1, -0.05) is 41.1 Å². The molecule has 1 unspecified atom stereocenters. The molecule has 0 heterocycles. The highest BCUT2D eigenvalue weighted by Gasteiger charge is 2.14. The third-order valence-corrected chi connectivity index (χ3v) is 3.89. The fourth-order valence-electron chi connectivity index (χ4n) is 2.21. The van der Waals surface area contributed by atoms with Crippen molar-refractivity contribution in [1.29, 1.82) is 0 Å². The van der Waals surface area contributed by atoms with Gasteiger partial charge in [-0.25, -0.2) is 8.78 Å². The fourth-order valence-corrected chi connectivity index (χ4v) is 2.66. The van der Waals surface area contributed by atoms with Crippen LogP contribution in [-0.2, 0) is 6.42 Å². The molecule has 0 radical (unpaired) electrons. The molecule has 0 spiro atoms. The van der Waals surface area contributed by atoms with Crippen molar-refractivity contribution in [2.24, 2.45) is 0 Å². The van der Waals surface area contributed by atoms with Gasteiger partial charge in [-0.3, -0.25) is 0 Å². The van der Waals surface area contributed by atoms with Gasteiger partial charge in [0.15, 0.2) is 0 Å². The lowest BCUT2D eigenvalue weighted by molar-refractivity contribution is 0.528. The van der Waals surface area contributed by atoms with E-state index >= 15 is 0 Å². The molecule has 0 aliphatic rings. The fraction of sp³-hybridized carbons (Fsp3) is 0.250. The SMILES string of the molecule is CCNC(Cc1ccccc1Br)c1cc(F)cc(F)c1. The standard InChI is InChI=1S/C16H16BrF2N/c1-2-20-16(9-11-5-3-4-6-15(11)17)12-7-13(18)10-14(19)8-12/h3-8,10,16,20H,2,9H2,1H3. The smallest absolute Gasteiger partial charge is 0.126 e. The molecule has 0 aliphatic carbocycles. The van der Waals surface area contributed by atoms with E-state index in [1.54, 1.807) is 0 Å². The predicted molar refractivity (Wildman–Crippen MR) is 80.6 cm³/mol. The Morgan fingerprint density at radius 3 is 2.35 bits per heavy atom. The first-order valence-electron chi connectivity index (χ1n) is 6.53. The van der Waals surface area contributed by atoms with Gasteiger partial charge in [0.1, 0.15) is 11.6 Å². The van der Waals surface area contributed by atoms with Gasteiger partial charge in [0.05, 0.1) is 0 Å². The first-order valence-corrected chi connectivity index (χ1v) is 7.32. The number of hydrogen-bond acceptors (Lipinski definition) is 1. The van der Waals surface area contributed by atoms with E-state index in [4.69, 9.17) is 0 Å². The van der Waals surface area contributed by atoms with Crippen LogP contribution in [0.3, 0.4) is 0 Å². The van der Waals surface area contributed by atoms with Gasteiger partial charge in [0.2, 0.25) is 0 Å². The van der Waals surface area contributed by atoms with E-state index in [1.165, 1.54) is 12.1 Å². The summed E-state index contributed by atoms with van der Waals surface area (Å²) in [5, 5.41) is 3.27. The molecule has 20 heavy (non-hydrogen) atoms. The minimum absolute atomic E-state index is 0.121. The van der Waals surface area contributed by atoms with Crippen molar-refractivity contribution in [2.45, 2.75) is 19.4 Å². The summed E-state index contributed by atoms with van der Waals surface area (Å²) in [6.07, 6.45) is 0.665. The molecule has 0 aliphatic heterocycles. The van der Waals surface area contributed by atoms with Crippen LogP contribution in [0.1, 0.15) is 24.1 Å². The lowest BCUT2D eigenvalue weighted by atomic mass is 9.98. The summed E-state index contributed by atoms with van der Waals surface area (Å²) in [5.74, 6) is -1.09. The minimum atomic E-state index is -0.546. The number of likely N-dealkylation sites (N-methyl/N-ethyl adjacent to an activating group) is 1. The molecule has 1 atom stereocenters. The van der Waals surface area contributed by atoms with E-state index in [-0.39, 0.29) is 6.04 Å². The molecule has 2 aromatic rings. The summed E-state index contributed by atoms with van der Waals surface area (Å²) in [5.41, 5.74) is 1.73. The van der Waals surface area contributed by atoms with Crippen LogP contribution >= 0.6 is 15.9 Å². The number of benzene rings is 2. The third kappa shape index (κ3) is 3.87. The second kappa shape index (κ2) is 6.95. The first kappa shape index (κ1) is 15.1. The Morgan fingerprint density at radius 1 is 1.10 bits per heavy atom. The zero-order valence-corrected chi connectivity index (χ0v) is 12.8. The summed E-state index contributed by atoms with van der Waals surface area (Å²) in [7, 11) is 0. The van der Waals surface area contributed by atoms with Crippen LogP contribution in [-0.4, -0.2) is 6.54 Å². The van der Waals surface area contributed by atoms with Crippen molar-refractivity contribution in [3.63, 3.8) is 0 Å². The van der Waals surface area contributed by atoms with Crippen molar-refractivity contribution < 1.29 is 8.78 Å². The summed E-state index contributed by atoms with van der Waals surface area (Å²) < 4.78 is 27.7. The van der Waals surface area contributed by atoms with Gasteiger partial charge >= 0.3 is 0 Å². The average molecular weight is 340 g/mol.